The van der Waals surface area contributed by atoms with Crippen LogP contribution in [0.25, 0.3) is 0 Å². The summed E-state index contributed by atoms with van der Waals surface area (Å²) in [5.41, 5.74) is 0. The van der Waals surface area contributed by atoms with Crippen molar-refractivity contribution in [1.29, 1.82) is 0 Å². The second-order valence-electron chi connectivity index (χ2n) is 18.5. The topological polar surface area (TPSA) is 78.9 Å². The molecule has 1 unspecified atom stereocenters. The molecule has 0 aromatic rings. The average Bonchev–Trinajstić information content (AvgIpc) is 3.28. The molecule has 0 bridgehead atoms. The lowest BCUT2D eigenvalue weighted by molar-refractivity contribution is -0.167. The van der Waals surface area contributed by atoms with Gasteiger partial charge in [0.1, 0.15) is 13.2 Å². The second kappa shape index (κ2) is 52.3. The van der Waals surface area contributed by atoms with Gasteiger partial charge in [-0.1, -0.05) is 211 Å². The highest BCUT2D eigenvalue weighted by atomic mass is 16.6. The van der Waals surface area contributed by atoms with Crippen LogP contribution in [0.4, 0.5) is 0 Å². The molecule has 0 aromatic heterocycles. The van der Waals surface area contributed by atoms with Crippen LogP contribution < -0.4 is 0 Å². The molecule has 0 radical (unpaired) electrons. The molecule has 63 heavy (non-hydrogen) atoms. The molecule has 368 valence electrons. The number of hydrogen-bond donors (Lipinski definition) is 0. The Hall–Kier alpha value is -2.37. The maximum Gasteiger partial charge on any atom is 0.306 e. The quantitative estimate of drug-likeness (QED) is 0.0262. The molecule has 0 saturated carbocycles. The Morgan fingerprint density at radius 1 is 0.302 bits per heavy atom. The zero-order valence-electron chi connectivity index (χ0n) is 42.1. The molecule has 0 aliphatic rings. The largest absolute Gasteiger partial charge is 0.462 e. The molecular weight excluding hydrogens is 781 g/mol. The van der Waals surface area contributed by atoms with Gasteiger partial charge in [0, 0.05) is 19.3 Å². The summed E-state index contributed by atoms with van der Waals surface area (Å²) in [5, 5.41) is 0. The SMILES string of the molecule is CCCCC/C=C\CCCCCCCC(=O)OCC(COC(=O)CCCCCCCCC/C=C\CCCCCCCC)OC(=O)CCCCCCC/C=C\CCCCCCCCC. The Labute approximate surface area is 391 Å². The van der Waals surface area contributed by atoms with Crippen molar-refractivity contribution in [2.24, 2.45) is 0 Å². The van der Waals surface area contributed by atoms with Gasteiger partial charge < -0.3 is 14.2 Å². The molecule has 0 N–H and O–H groups in total. The molecule has 0 spiro atoms. The van der Waals surface area contributed by atoms with Crippen LogP contribution in [0.1, 0.15) is 290 Å². The third-order valence-corrected chi connectivity index (χ3v) is 12.1. The van der Waals surface area contributed by atoms with Crippen LogP contribution in [0.2, 0.25) is 0 Å². The molecule has 0 aromatic carbocycles. The minimum atomic E-state index is -0.779. The minimum absolute atomic E-state index is 0.0786. The van der Waals surface area contributed by atoms with Crippen molar-refractivity contribution < 1.29 is 28.6 Å². The van der Waals surface area contributed by atoms with Gasteiger partial charge in [0.05, 0.1) is 0 Å². The number of ether oxygens (including phenoxy) is 3. The van der Waals surface area contributed by atoms with Crippen molar-refractivity contribution in [3.8, 4) is 0 Å². The Morgan fingerprint density at radius 2 is 0.524 bits per heavy atom. The molecule has 6 nitrogen and oxygen atoms in total. The molecule has 6 heteroatoms. The molecule has 1 atom stereocenters. The van der Waals surface area contributed by atoms with Crippen LogP contribution in [-0.2, 0) is 28.6 Å². The van der Waals surface area contributed by atoms with Gasteiger partial charge >= 0.3 is 17.9 Å². The van der Waals surface area contributed by atoms with Crippen molar-refractivity contribution in [2.45, 2.75) is 297 Å². The predicted octanol–water partition coefficient (Wildman–Crippen LogP) is 18.1. The molecule has 0 fully saturated rings. The molecule has 0 amide bonds. The third kappa shape index (κ3) is 50.5. The van der Waals surface area contributed by atoms with E-state index in [1.807, 2.05) is 0 Å². The summed E-state index contributed by atoms with van der Waals surface area (Å²) in [6, 6.07) is 0. The summed E-state index contributed by atoms with van der Waals surface area (Å²) in [4.78, 5) is 38.0. The van der Waals surface area contributed by atoms with Gasteiger partial charge in [0.2, 0.25) is 0 Å². The van der Waals surface area contributed by atoms with Crippen molar-refractivity contribution >= 4 is 17.9 Å². The molecular formula is C57H104O6. The summed E-state index contributed by atoms with van der Waals surface area (Å²) in [6.45, 7) is 6.62. The number of carbonyl (C=O) groups excluding carboxylic acids is 3. The first kappa shape index (κ1) is 60.6. The zero-order valence-corrected chi connectivity index (χ0v) is 42.1. The van der Waals surface area contributed by atoms with E-state index >= 15 is 0 Å². The Morgan fingerprint density at radius 3 is 0.825 bits per heavy atom. The van der Waals surface area contributed by atoms with Gasteiger partial charge in [-0.15, -0.1) is 0 Å². The van der Waals surface area contributed by atoms with Crippen LogP contribution in [0, 0.1) is 0 Å². The van der Waals surface area contributed by atoms with Crippen LogP contribution in [-0.4, -0.2) is 37.2 Å². The maximum atomic E-state index is 12.8. The standard InChI is InChI=1S/C57H104O6/c1-4-7-10-13-16-19-22-25-27-29-31-32-35-38-41-44-47-50-56(59)62-53-54(52-61-55(58)49-46-43-40-37-34-24-21-18-15-12-9-6-3)63-57(60)51-48-45-42-39-36-33-30-28-26-23-20-17-14-11-8-5-2/h18,21,25,27-28,30,54H,4-17,19-20,22-24,26,29,31-53H2,1-3H3/b21-18-,27-25-,30-28-. The van der Waals surface area contributed by atoms with Crippen molar-refractivity contribution in [1.82, 2.24) is 0 Å². The van der Waals surface area contributed by atoms with Gasteiger partial charge in [-0.25, -0.2) is 0 Å². The lowest BCUT2D eigenvalue weighted by Gasteiger charge is -2.18. The van der Waals surface area contributed by atoms with Crippen molar-refractivity contribution in [2.75, 3.05) is 13.2 Å². The summed E-state index contributed by atoms with van der Waals surface area (Å²) < 4.78 is 16.8. The van der Waals surface area contributed by atoms with Gasteiger partial charge in [-0.05, 0) is 96.3 Å². The highest BCUT2D eigenvalue weighted by Crippen LogP contribution is 2.15. The number of esters is 3. The fourth-order valence-electron chi connectivity index (χ4n) is 7.90. The predicted molar refractivity (Wildman–Crippen MR) is 270 cm³/mol. The first-order valence-electron chi connectivity index (χ1n) is 27.5. The Bertz CT molecular complexity index is 1060. The molecule has 0 rings (SSSR count). The highest BCUT2D eigenvalue weighted by Gasteiger charge is 2.19. The number of carbonyl (C=O) groups is 3. The van der Waals surface area contributed by atoms with Crippen LogP contribution in [0.15, 0.2) is 36.5 Å². The lowest BCUT2D eigenvalue weighted by atomic mass is 10.1. The minimum Gasteiger partial charge on any atom is -0.462 e. The Balaban J connectivity index is 4.36. The van der Waals surface area contributed by atoms with E-state index < -0.39 is 6.10 Å². The number of rotatable bonds is 50. The van der Waals surface area contributed by atoms with E-state index in [9.17, 15) is 14.4 Å². The first-order chi connectivity index (χ1) is 31.0. The molecule has 0 heterocycles. The molecule has 0 saturated heterocycles. The zero-order chi connectivity index (χ0) is 45.8. The lowest BCUT2D eigenvalue weighted by Crippen LogP contribution is -2.30. The van der Waals surface area contributed by atoms with Crippen molar-refractivity contribution in [3.05, 3.63) is 36.5 Å². The van der Waals surface area contributed by atoms with E-state index in [0.717, 1.165) is 70.6 Å². The van der Waals surface area contributed by atoms with Gasteiger partial charge in [-0.2, -0.15) is 0 Å². The van der Waals surface area contributed by atoms with E-state index in [1.165, 1.54) is 180 Å². The van der Waals surface area contributed by atoms with E-state index in [-0.39, 0.29) is 31.1 Å². The smallest absolute Gasteiger partial charge is 0.306 e. The van der Waals surface area contributed by atoms with Gasteiger partial charge in [-0.3, -0.25) is 14.4 Å². The van der Waals surface area contributed by atoms with Crippen molar-refractivity contribution in [3.63, 3.8) is 0 Å². The summed E-state index contributed by atoms with van der Waals surface area (Å²) in [5.74, 6) is -0.889. The first-order valence-corrected chi connectivity index (χ1v) is 27.5. The number of unbranched alkanes of at least 4 members (excludes halogenated alkanes) is 33. The van der Waals surface area contributed by atoms with Crippen LogP contribution in [0.3, 0.4) is 0 Å². The average molecular weight is 885 g/mol. The Kier molecular flexibility index (Phi) is 50.3. The molecule has 0 aliphatic carbocycles. The van der Waals surface area contributed by atoms with E-state index in [0.29, 0.717) is 19.3 Å². The number of hydrogen-bond acceptors (Lipinski definition) is 6. The summed E-state index contributed by atoms with van der Waals surface area (Å²) in [7, 11) is 0. The fraction of sp³-hybridized carbons (Fsp3) is 0.842. The summed E-state index contributed by atoms with van der Waals surface area (Å²) >= 11 is 0. The maximum absolute atomic E-state index is 12.8. The third-order valence-electron chi connectivity index (χ3n) is 12.1. The summed E-state index contributed by atoms with van der Waals surface area (Å²) in [6.07, 6.45) is 61.3. The number of allylic oxidation sites excluding steroid dienone is 6. The van der Waals surface area contributed by atoms with Gasteiger partial charge in [0.25, 0.3) is 0 Å². The fourth-order valence-corrected chi connectivity index (χ4v) is 7.90. The monoisotopic (exact) mass is 885 g/mol. The highest BCUT2D eigenvalue weighted by molar-refractivity contribution is 5.71. The second-order valence-corrected chi connectivity index (χ2v) is 18.5. The molecule has 0 aliphatic heterocycles. The van der Waals surface area contributed by atoms with Gasteiger partial charge in [0.15, 0.2) is 6.10 Å². The normalized spacial score (nSPS) is 12.2. The van der Waals surface area contributed by atoms with E-state index in [1.54, 1.807) is 0 Å². The van der Waals surface area contributed by atoms with Crippen LogP contribution in [0.5, 0.6) is 0 Å². The van der Waals surface area contributed by atoms with Crippen LogP contribution >= 0.6 is 0 Å². The van der Waals surface area contributed by atoms with E-state index in [2.05, 4.69) is 57.2 Å². The van der Waals surface area contributed by atoms with E-state index in [4.69, 9.17) is 14.2 Å².